The summed E-state index contributed by atoms with van der Waals surface area (Å²) in [6.45, 7) is 4.25. The van der Waals surface area contributed by atoms with Crippen LogP contribution in [0, 0.1) is 16.7 Å². The molecule has 0 bridgehead atoms. The molecule has 80 valence electrons. The van der Waals surface area contributed by atoms with Crippen LogP contribution in [-0.2, 0) is 5.41 Å². The first-order chi connectivity index (χ1) is 7.59. The van der Waals surface area contributed by atoms with E-state index in [2.05, 4.69) is 24.9 Å². The molecule has 1 fully saturated rings. The molecule has 1 aliphatic carbocycles. The normalized spacial score (nSPS) is 26.6. The lowest BCUT2D eigenvalue weighted by Crippen LogP contribution is -2.11. The minimum absolute atomic E-state index is 0.0649. The topological polar surface area (TPSA) is 49.8 Å². The van der Waals surface area contributed by atoms with Crippen molar-refractivity contribution in [1.82, 2.24) is 4.98 Å². The van der Waals surface area contributed by atoms with Gasteiger partial charge in [0.25, 0.3) is 0 Å². The molecule has 3 nitrogen and oxygen atoms in total. The van der Waals surface area contributed by atoms with Gasteiger partial charge in [0.15, 0.2) is 12.0 Å². The lowest BCUT2D eigenvalue weighted by molar-refractivity contribution is 0.568. The first kappa shape index (κ1) is 9.41. The average molecular weight is 212 g/mol. The highest BCUT2D eigenvalue weighted by Crippen LogP contribution is 2.63. The summed E-state index contributed by atoms with van der Waals surface area (Å²) in [4.78, 5) is 4.07. The highest BCUT2D eigenvalue weighted by Gasteiger charge is 2.63. The summed E-state index contributed by atoms with van der Waals surface area (Å²) in [5.41, 5.74) is 2.37. The number of nitrogens with zero attached hydrogens (tertiary/aromatic N) is 2. The smallest absolute Gasteiger partial charge is 0.181 e. The van der Waals surface area contributed by atoms with Gasteiger partial charge in [0.2, 0.25) is 0 Å². The fourth-order valence-electron chi connectivity index (χ4n) is 2.49. The van der Waals surface area contributed by atoms with Gasteiger partial charge in [0.1, 0.15) is 5.52 Å². The predicted molar refractivity (Wildman–Crippen MR) is 59.7 cm³/mol. The van der Waals surface area contributed by atoms with Crippen LogP contribution in [0.4, 0.5) is 0 Å². The molecular formula is C13H12N2O. The van der Waals surface area contributed by atoms with Crippen LogP contribution < -0.4 is 0 Å². The Kier molecular flexibility index (Phi) is 1.56. The van der Waals surface area contributed by atoms with Gasteiger partial charge in [-0.05, 0) is 29.5 Å². The SMILES string of the molecule is CC1(C)CC1(C#N)c1ccc2ncoc2c1. The summed E-state index contributed by atoms with van der Waals surface area (Å²) in [7, 11) is 0. The van der Waals surface area contributed by atoms with E-state index in [1.165, 1.54) is 6.39 Å². The molecule has 0 aliphatic heterocycles. The largest absolute Gasteiger partial charge is 0.443 e. The van der Waals surface area contributed by atoms with E-state index in [0.29, 0.717) is 0 Å². The fourth-order valence-corrected chi connectivity index (χ4v) is 2.49. The number of aromatic nitrogens is 1. The Hall–Kier alpha value is -1.82. The van der Waals surface area contributed by atoms with Gasteiger partial charge in [0, 0.05) is 0 Å². The van der Waals surface area contributed by atoms with Crippen LogP contribution in [0.3, 0.4) is 0 Å². The molecule has 1 unspecified atom stereocenters. The molecule has 0 saturated heterocycles. The lowest BCUT2D eigenvalue weighted by atomic mass is 9.89. The Balaban J connectivity index is 2.17. The standard InChI is InChI=1S/C13H12N2O/c1-12(2)6-13(12,7-14)9-3-4-10-11(5-9)16-8-15-10/h3-5,8H,6H2,1-2H3. The van der Waals surface area contributed by atoms with Crippen molar-refractivity contribution < 1.29 is 4.42 Å². The van der Waals surface area contributed by atoms with Crippen LogP contribution in [0.5, 0.6) is 0 Å². The highest BCUT2D eigenvalue weighted by molar-refractivity contribution is 5.74. The van der Waals surface area contributed by atoms with Crippen LogP contribution in [0.2, 0.25) is 0 Å². The molecule has 1 aromatic carbocycles. The number of hydrogen-bond donors (Lipinski definition) is 0. The van der Waals surface area contributed by atoms with E-state index in [1.54, 1.807) is 0 Å². The maximum absolute atomic E-state index is 9.37. The summed E-state index contributed by atoms with van der Waals surface area (Å²) < 4.78 is 5.27. The van der Waals surface area contributed by atoms with Gasteiger partial charge in [-0.25, -0.2) is 4.98 Å². The number of nitriles is 1. The second kappa shape index (κ2) is 2.65. The zero-order valence-corrected chi connectivity index (χ0v) is 9.32. The highest BCUT2D eigenvalue weighted by atomic mass is 16.3. The lowest BCUT2D eigenvalue weighted by Gasteiger charge is -2.11. The molecule has 2 aromatic rings. The van der Waals surface area contributed by atoms with Gasteiger partial charge in [-0.15, -0.1) is 0 Å². The summed E-state index contributed by atoms with van der Waals surface area (Å²) in [6.07, 6.45) is 2.35. The first-order valence-corrected chi connectivity index (χ1v) is 5.34. The molecule has 1 heterocycles. The van der Waals surface area contributed by atoms with Crippen molar-refractivity contribution in [2.24, 2.45) is 5.41 Å². The van der Waals surface area contributed by atoms with Crippen molar-refractivity contribution in [2.45, 2.75) is 25.7 Å². The zero-order valence-electron chi connectivity index (χ0n) is 9.32. The second-order valence-electron chi connectivity index (χ2n) is 5.11. The van der Waals surface area contributed by atoms with E-state index >= 15 is 0 Å². The monoisotopic (exact) mass is 212 g/mol. The summed E-state index contributed by atoms with van der Waals surface area (Å²) >= 11 is 0. The van der Waals surface area contributed by atoms with Crippen LogP contribution in [0.25, 0.3) is 11.1 Å². The van der Waals surface area contributed by atoms with Gasteiger partial charge in [-0.2, -0.15) is 5.26 Å². The molecule has 3 heteroatoms. The van der Waals surface area contributed by atoms with Crippen LogP contribution in [0.1, 0.15) is 25.8 Å². The van der Waals surface area contributed by atoms with Gasteiger partial charge in [-0.1, -0.05) is 19.9 Å². The maximum Gasteiger partial charge on any atom is 0.181 e. The molecule has 0 amide bonds. The molecular weight excluding hydrogens is 200 g/mol. The van der Waals surface area contributed by atoms with E-state index in [9.17, 15) is 5.26 Å². The molecule has 0 spiro atoms. The molecule has 1 saturated carbocycles. The number of oxazole rings is 1. The molecule has 1 atom stereocenters. The van der Waals surface area contributed by atoms with Crippen molar-refractivity contribution >= 4 is 11.1 Å². The van der Waals surface area contributed by atoms with Crippen LogP contribution in [-0.4, -0.2) is 4.98 Å². The van der Waals surface area contributed by atoms with Crippen molar-refractivity contribution in [3.05, 3.63) is 30.2 Å². The van der Waals surface area contributed by atoms with Gasteiger partial charge < -0.3 is 4.42 Å². The minimum Gasteiger partial charge on any atom is -0.443 e. The van der Waals surface area contributed by atoms with E-state index in [4.69, 9.17) is 4.42 Å². The maximum atomic E-state index is 9.37. The Labute approximate surface area is 93.7 Å². The average Bonchev–Trinajstić information content (AvgIpc) is 2.63. The third kappa shape index (κ3) is 0.992. The molecule has 0 radical (unpaired) electrons. The Morgan fingerprint density at radius 2 is 2.19 bits per heavy atom. The quantitative estimate of drug-likeness (QED) is 0.730. The number of fused-ring (bicyclic) bond motifs is 1. The minimum atomic E-state index is -0.339. The third-order valence-electron chi connectivity index (χ3n) is 3.75. The molecule has 0 N–H and O–H groups in total. The molecule has 1 aliphatic rings. The predicted octanol–water partition coefficient (Wildman–Crippen LogP) is 3.02. The van der Waals surface area contributed by atoms with Gasteiger partial charge >= 0.3 is 0 Å². The summed E-state index contributed by atoms with van der Waals surface area (Å²) in [5.74, 6) is 0. The third-order valence-corrected chi connectivity index (χ3v) is 3.75. The van der Waals surface area contributed by atoms with Gasteiger partial charge in [-0.3, -0.25) is 0 Å². The zero-order chi connectivity index (χ0) is 11.4. The van der Waals surface area contributed by atoms with E-state index in [1.807, 2.05) is 18.2 Å². The van der Waals surface area contributed by atoms with E-state index < -0.39 is 0 Å². The van der Waals surface area contributed by atoms with Crippen molar-refractivity contribution in [2.75, 3.05) is 0 Å². The summed E-state index contributed by atoms with van der Waals surface area (Å²) in [6, 6.07) is 8.31. The Bertz CT molecular complexity index is 606. The number of hydrogen-bond acceptors (Lipinski definition) is 3. The molecule has 16 heavy (non-hydrogen) atoms. The number of rotatable bonds is 1. The van der Waals surface area contributed by atoms with Crippen LogP contribution >= 0.6 is 0 Å². The van der Waals surface area contributed by atoms with Crippen molar-refractivity contribution in [1.29, 1.82) is 5.26 Å². The Morgan fingerprint density at radius 3 is 2.81 bits per heavy atom. The number of benzene rings is 1. The van der Waals surface area contributed by atoms with E-state index in [0.717, 1.165) is 23.1 Å². The van der Waals surface area contributed by atoms with Crippen molar-refractivity contribution in [3.8, 4) is 6.07 Å². The molecule has 1 aromatic heterocycles. The van der Waals surface area contributed by atoms with Gasteiger partial charge in [0.05, 0.1) is 11.5 Å². The first-order valence-electron chi connectivity index (χ1n) is 5.34. The van der Waals surface area contributed by atoms with Crippen LogP contribution in [0.15, 0.2) is 29.0 Å². The second-order valence-corrected chi connectivity index (χ2v) is 5.11. The fraction of sp³-hybridized carbons (Fsp3) is 0.385. The van der Waals surface area contributed by atoms with E-state index in [-0.39, 0.29) is 10.8 Å². The summed E-state index contributed by atoms with van der Waals surface area (Å²) in [5, 5.41) is 9.37. The Morgan fingerprint density at radius 1 is 1.44 bits per heavy atom. The van der Waals surface area contributed by atoms with Crippen molar-refractivity contribution in [3.63, 3.8) is 0 Å². The molecule has 3 rings (SSSR count).